The fourth-order valence-electron chi connectivity index (χ4n) is 1.54. The molecule has 2 aromatic carbocycles. The second kappa shape index (κ2) is 6.39. The summed E-state index contributed by atoms with van der Waals surface area (Å²) in [6.07, 6.45) is 0. The molecule has 0 aromatic heterocycles. The van der Waals surface area contributed by atoms with E-state index in [1.165, 1.54) is 12.1 Å². The summed E-state index contributed by atoms with van der Waals surface area (Å²) in [5.41, 5.74) is 2.36. The SMILES string of the molecule is Cc1ccc(NC(=S)Nc2ccc(F)c(Cl)c2)cc1Cl. The maximum atomic E-state index is 13.0. The van der Waals surface area contributed by atoms with Crippen molar-refractivity contribution in [3.63, 3.8) is 0 Å². The topological polar surface area (TPSA) is 24.1 Å². The van der Waals surface area contributed by atoms with Crippen LogP contribution < -0.4 is 10.6 Å². The van der Waals surface area contributed by atoms with E-state index in [1.54, 1.807) is 12.1 Å². The molecule has 2 aromatic rings. The highest BCUT2D eigenvalue weighted by Crippen LogP contribution is 2.21. The molecule has 0 heterocycles. The smallest absolute Gasteiger partial charge is 0.175 e. The summed E-state index contributed by atoms with van der Waals surface area (Å²) in [6.45, 7) is 1.92. The van der Waals surface area contributed by atoms with Gasteiger partial charge in [0.05, 0.1) is 5.02 Å². The standard InChI is InChI=1S/C14H11Cl2FN2S/c1-8-2-3-9(6-11(8)15)18-14(20)19-10-4-5-13(17)12(16)7-10/h2-7H,1H3,(H2,18,19,20). The normalized spacial score (nSPS) is 10.2. The van der Waals surface area contributed by atoms with Gasteiger partial charge in [-0.25, -0.2) is 4.39 Å². The molecule has 0 bridgehead atoms. The summed E-state index contributed by atoms with van der Waals surface area (Å²) in [4.78, 5) is 0. The lowest BCUT2D eigenvalue weighted by Gasteiger charge is -2.11. The van der Waals surface area contributed by atoms with Crippen molar-refractivity contribution >= 4 is 51.9 Å². The van der Waals surface area contributed by atoms with E-state index in [0.29, 0.717) is 15.8 Å². The van der Waals surface area contributed by atoms with Crippen LogP contribution in [-0.2, 0) is 0 Å². The largest absolute Gasteiger partial charge is 0.332 e. The summed E-state index contributed by atoms with van der Waals surface area (Å²) >= 11 is 16.9. The van der Waals surface area contributed by atoms with Gasteiger partial charge in [-0.15, -0.1) is 0 Å². The second-order valence-electron chi connectivity index (χ2n) is 4.17. The third kappa shape index (κ3) is 3.82. The van der Waals surface area contributed by atoms with Crippen LogP contribution in [0.1, 0.15) is 5.56 Å². The van der Waals surface area contributed by atoms with Crippen molar-refractivity contribution in [1.82, 2.24) is 0 Å². The molecule has 0 amide bonds. The first kappa shape index (κ1) is 15.0. The molecule has 0 atom stereocenters. The molecular formula is C14H11Cl2FN2S. The molecule has 0 aliphatic carbocycles. The van der Waals surface area contributed by atoms with Gasteiger partial charge in [0.25, 0.3) is 0 Å². The van der Waals surface area contributed by atoms with Crippen molar-refractivity contribution in [2.75, 3.05) is 10.6 Å². The van der Waals surface area contributed by atoms with Crippen LogP contribution in [0.3, 0.4) is 0 Å². The molecule has 0 saturated carbocycles. The first-order chi connectivity index (χ1) is 9.45. The van der Waals surface area contributed by atoms with Crippen molar-refractivity contribution in [3.05, 3.63) is 57.8 Å². The Kier molecular flexibility index (Phi) is 4.81. The van der Waals surface area contributed by atoms with Crippen LogP contribution >= 0.6 is 35.4 Å². The zero-order chi connectivity index (χ0) is 14.7. The van der Waals surface area contributed by atoms with Gasteiger partial charge in [0.1, 0.15) is 5.82 Å². The lowest BCUT2D eigenvalue weighted by molar-refractivity contribution is 0.628. The minimum absolute atomic E-state index is 0.0381. The molecule has 0 spiro atoms. The zero-order valence-electron chi connectivity index (χ0n) is 10.5. The maximum Gasteiger partial charge on any atom is 0.175 e. The molecule has 2 rings (SSSR count). The van der Waals surface area contributed by atoms with Gasteiger partial charge in [-0.3, -0.25) is 0 Å². The predicted molar refractivity (Wildman–Crippen MR) is 87.4 cm³/mol. The highest BCUT2D eigenvalue weighted by molar-refractivity contribution is 7.80. The predicted octanol–water partition coefficient (Wildman–Crippen LogP) is 5.25. The highest BCUT2D eigenvalue weighted by Gasteiger charge is 2.04. The number of halogens is 3. The van der Waals surface area contributed by atoms with Crippen molar-refractivity contribution < 1.29 is 4.39 Å². The van der Waals surface area contributed by atoms with Gasteiger partial charge in [0.15, 0.2) is 5.11 Å². The maximum absolute atomic E-state index is 13.0. The average molecular weight is 329 g/mol. The molecule has 2 nitrogen and oxygen atoms in total. The molecule has 0 fully saturated rings. The van der Waals surface area contributed by atoms with Crippen LogP contribution in [0.25, 0.3) is 0 Å². The Bertz CT molecular complexity index is 606. The van der Waals surface area contributed by atoms with Crippen molar-refractivity contribution in [3.8, 4) is 0 Å². The van der Waals surface area contributed by atoms with Gasteiger partial charge < -0.3 is 10.6 Å². The van der Waals surface area contributed by atoms with Gasteiger partial charge in [-0.05, 0) is 55.0 Å². The average Bonchev–Trinajstić information content (AvgIpc) is 2.38. The first-order valence-corrected chi connectivity index (χ1v) is 6.91. The van der Waals surface area contributed by atoms with E-state index in [4.69, 9.17) is 35.4 Å². The van der Waals surface area contributed by atoms with Crippen molar-refractivity contribution in [2.45, 2.75) is 6.92 Å². The first-order valence-electron chi connectivity index (χ1n) is 5.75. The molecule has 2 N–H and O–H groups in total. The minimum Gasteiger partial charge on any atom is -0.332 e. The fraction of sp³-hybridized carbons (Fsp3) is 0.0714. The van der Waals surface area contributed by atoms with E-state index in [2.05, 4.69) is 10.6 Å². The zero-order valence-corrected chi connectivity index (χ0v) is 12.8. The molecule has 20 heavy (non-hydrogen) atoms. The number of nitrogens with one attached hydrogen (secondary N) is 2. The number of rotatable bonds is 2. The van der Waals surface area contributed by atoms with E-state index in [1.807, 2.05) is 19.1 Å². The Morgan fingerprint density at radius 3 is 2.10 bits per heavy atom. The Balaban J connectivity index is 2.04. The summed E-state index contributed by atoms with van der Waals surface area (Å²) in [5.74, 6) is -0.471. The molecule has 0 radical (unpaired) electrons. The van der Waals surface area contributed by atoms with E-state index in [0.717, 1.165) is 11.3 Å². The van der Waals surface area contributed by atoms with E-state index in [-0.39, 0.29) is 5.02 Å². The molecule has 0 aliphatic heterocycles. The van der Waals surface area contributed by atoms with E-state index >= 15 is 0 Å². The minimum atomic E-state index is -0.471. The lowest BCUT2D eigenvalue weighted by atomic mass is 10.2. The van der Waals surface area contributed by atoms with Crippen LogP contribution in [0.5, 0.6) is 0 Å². The summed E-state index contributed by atoms with van der Waals surface area (Å²) in [6, 6.07) is 9.83. The van der Waals surface area contributed by atoms with Gasteiger partial charge in [0, 0.05) is 16.4 Å². The summed E-state index contributed by atoms with van der Waals surface area (Å²) < 4.78 is 13.0. The number of anilines is 2. The van der Waals surface area contributed by atoms with Gasteiger partial charge >= 0.3 is 0 Å². The number of hydrogen-bond acceptors (Lipinski definition) is 1. The molecule has 6 heteroatoms. The molecule has 104 valence electrons. The molecule has 0 saturated heterocycles. The van der Waals surface area contributed by atoms with E-state index in [9.17, 15) is 4.39 Å². The molecular weight excluding hydrogens is 318 g/mol. The molecule has 0 aliphatic rings. The Hall–Kier alpha value is -1.36. The van der Waals surface area contributed by atoms with Gasteiger partial charge in [0.2, 0.25) is 0 Å². The van der Waals surface area contributed by atoms with E-state index < -0.39 is 5.82 Å². The van der Waals surface area contributed by atoms with Crippen LogP contribution in [0.15, 0.2) is 36.4 Å². The Morgan fingerprint density at radius 1 is 1.00 bits per heavy atom. The Morgan fingerprint density at radius 2 is 1.55 bits per heavy atom. The lowest BCUT2D eigenvalue weighted by Crippen LogP contribution is -2.19. The summed E-state index contributed by atoms with van der Waals surface area (Å²) in [5, 5.41) is 6.97. The monoisotopic (exact) mass is 328 g/mol. The third-order valence-electron chi connectivity index (χ3n) is 2.61. The Labute approximate surface area is 131 Å². The van der Waals surface area contributed by atoms with Gasteiger partial charge in [-0.1, -0.05) is 29.3 Å². The molecule has 0 unspecified atom stereocenters. The van der Waals surface area contributed by atoms with Crippen LogP contribution in [-0.4, -0.2) is 5.11 Å². The van der Waals surface area contributed by atoms with Crippen molar-refractivity contribution in [2.24, 2.45) is 0 Å². The third-order valence-corrected chi connectivity index (χ3v) is 3.51. The van der Waals surface area contributed by atoms with Crippen LogP contribution in [0.4, 0.5) is 15.8 Å². The summed E-state index contributed by atoms with van der Waals surface area (Å²) in [7, 11) is 0. The second-order valence-corrected chi connectivity index (χ2v) is 5.39. The number of benzene rings is 2. The number of aryl methyl sites for hydroxylation is 1. The quantitative estimate of drug-likeness (QED) is 0.736. The van der Waals surface area contributed by atoms with Crippen LogP contribution in [0.2, 0.25) is 10.0 Å². The van der Waals surface area contributed by atoms with Crippen LogP contribution in [0, 0.1) is 12.7 Å². The number of thiocarbonyl (C=S) groups is 1. The van der Waals surface area contributed by atoms with Gasteiger partial charge in [-0.2, -0.15) is 0 Å². The fourth-order valence-corrected chi connectivity index (χ4v) is 2.13. The van der Waals surface area contributed by atoms with Crippen molar-refractivity contribution in [1.29, 1.82) is 0 Å². The number of hydrogen-bond donors (Lipinski definition) is 2. The highest BCUT2D eigenvalue weighted by atomic mass is 35.5.